The number of anilines is 1. The molecule has 2 amide bonds. The Morgan fingerprint density at radius 1 is 1.31 bits per heavy atom. The number of nitrogens with one attached hydrogen (secondary N) is 1. The second kappa shape index (κ2) is 6.48. The molecule has 0 spiro atoms. The zero-order valence-electron chi connectivity index (χ0n) is 14.6. The summed E-state index contributed by atoms with van der Waals surface area (Å²) in [5.74, 6) is 0.601. The standard InChI is InChI=1S/C19H22N4O3/c1-22-11-15(9-20-22)21-18(24)14-6-4-13(5-7-14)16-8-17(16)23(19(25)26)10-12-2-3-12/h4-7,9,11-12,16-17H,2-3,8,10H2,1H3,(H,21,24)(H,25,26)/t16-,17+/m0/s1. The number of hydrogen-bond donors (Lipinski definition) is 2. The van der Waals surface area contributed by atoms with Crippen LogP contribution in [-0.4, -0.2) is 44.4 Å². The molecule has 7 nitrogen and oxygen atoms in total. The third-order valence-electron chi connectivity index (χ3n) is 5.12. The van der Waals surface area contributed by atoms with E-state index in [2.05, 4.69) is 10.4 Å². The van der Waals surface area contributed by atoms with Gasteiger partial charge in [0.2, 0.25) is 0 Å². The molecule has 4 rings (SSSR count). The molecular formula is C19H22N4O3. The minimum atomic E-state index is -0.822. The van der Waals surface area contributed by atoms with Gasteiger partial charge in [-0.3, -0.25) is 9.48 Å². The molecular weight excluding hydrogens is 332 g/mol. The first-order chi connectivity index (χ1) is 12.5. The number of amides is 2. The molecule has 2 N–H and O–H groups in total. The zero-order valence-corrected chi connectivity index (χ0v) is 14.6. The Labute approximate surface area is 151 Å². The van der Waals surface area contributed by atoms with Gasteiger partial charge in [-0.15, -0.1) is 0 Å². The van der Waals surface area contributed by atoms with Crippen molar-refractivity contribution < 1.29 is 14.7 Å². The van der Waals surface area contributed by atoms with Gasteiger partial charge >= 0.3 is 6.09 Å². The number of carbonyl (C=O) groups excluding carboxylic acids is 1. The third kappa shape index (κ3) is 3.56. The van der Waals surface area contributed by atoms with Crippen LogP contribution in [0.15, 0.2) is 36.7 Å². The van der Waals surface area contributed by atoms with Crippen molar-refractivity contribution >= 4 is 17.7 Å². The van der Waals surface area contributed by atoms with Crippen molar-refractivity contribution in [2.75, 3.05) is 11.9 Å². The fraction of sp³-hybridized carbons (Fsp3) is 0.421. The minimum Gasteiger partial charge on any atom is -0.465 e. The molecule has 0 bridgehead atoms. The van der Waals surface area contributed by atoms with Crippen LogP contribution in [0.1, 0.15) is 41.1 Å². The molecule has 1 heterocycles. The van der Waals surface area contributed by atoms with Crippen LogP contribution < -0.4 is 5.32 Å². The van der Waals surface area contributed by atoms with Gasteiger partial charge in [-0.25, -0.2) is 4.79 Å². The molecule has 26 heavy (non-hydrogen) atoms. The average Bonchev–Trinajstić information content (AvgIpc) is 3.52. The van der Waals surface area contributed by atoms with Gasteiger partial charge in [-0.1, -0.05) is 12.1 Å². The predicted molar refractivity (Wildman–Crippen MR) is 96.2 cm³/mol. The first kappa shape index (κ1) is 16.6. The maximum atomic E-state index is 12.3. The van der Waals surface area contributed by atoms with Crippen LogP contribution >= 0.6 is 0 Å². The monoisotopic (exact) mass is 354 g/mol. The lowest BCUT2D eigenvalue weighted by atomic mass is 10.1. The minimum absolute atomic E-state index is 0.0724. The number of rotatable bonds is 6. The van der Waals surface area contributed by atoms with E-state index in [0.717, 1.165) is 24.8 Å². The van der Waals surface area contributed by atoms with E-state index >= 15 is 0 Å². The smallest absolute Gasteiger partial charge is 0.407 e. The highest BCUT2D eigenvalue weighted by molar-refractivity contribution is 6.04. The topological polar surface area (TPSA) is 87.5 Å². The van der Waals surface area contributed by atoms with E-state index < -0.39 is 6.09 Å². The lowest BCUT2D eigenvalue weighted by Crippen LogP contribution is -2.34. The first-order valence-corrected chi connectivity index (χ1v) is 8.91. The summed E-state index contributed by atoms with van der Waals surface area (Å²) in [6, 6.07) is 7.52. The van der Waals surface area contributed by atoms with Gasteiger partial charge in [0, 0.05) is 37.3 Å². The number of nitrogens with zero attached hydrogens (tertiary/aromatic N) is 3. The largest absolute Gasteiger partial charge is 0.465 e. The Morgan fingerprint density at radius 3 is 2.62 bits per heavy atom. The van der Waals surface area contributed by atoms with E-state index in [1.54, 1.807) is 41.2 Å². The average molecular weight is 354 g/mol. The number of aryl methyl sites for hydroxylation is 1. The number of hydrogen-bond acceptors (Lipinski definition) is 3. The van der Waals surface area contributed by atoms with Crippen molar-refractivity contribution in [3.05, 3.63) is 47.8 Å². The summed E-state index contributed by atoms with van der Waals surface area (Å²) < 4.78 is 1.63. The summed E-state index contributed by atoms with van der Waals surface area (Å²) in [4.78, 5) is 25.4. The van der Waals surface area contributed by atoms with E-state index in [0.29, 0.717) is 23.7 Å². The molecule has 0 aliphatic heterocycles. The van der Waals surface area contributed by atoms with Crippen LogP contribution in [0.5, 0.6) is 0 Å². The number of carbonyl (C=O) groups is 2. The second-order valence-corrected chi connectivity index (χ2v) is 7.27. The Morgan fingerprint density at radius 2 is 2.04 bits per heavy atom. The van der Waals surface area contributed by atoms with Gasteiger partial charge in [0.15, 0.2) is 0 Å². The number of carboxylic acid groups (broad SMARTS) is 1. The summed E-state index contributed by atoms with van der Waals surface area (Å²) in [5.41, 5.74) is 2.32. The Bertz CT molecular complexity index is 826. The summed E-state index contributed by atoms with van der Waals surface area (Å²) >= 11 is 0. The Balaban J connectivity index is 1.38. The first-order valence-electron chi connectivity index (χ1n) is 8.91. The second-order valence-electron chi connectivity index (χ2n) is 7.27. The zero-order chi connectivity index (χ0) is 18.3. The normalized spacial score (nSPS) is 21.3. The summed E-state index contributed by atoms with van der Waals surface area (Å²) in [7, 11) is 1.79. The van der Waals surface area contributed by atoms with E-state index in [-0.39, 0.29) is 17.9 Å². The van der Waals surface area contributed by atoms with Crippen molar-refractivity contribution in [3.8, 4) is 0 Å². The van der Waals surface area contributed by atoms with Crippen molar-refractivity contribution in [1.82, 2.24) is 14.7 Å². The van der Waals surface area contributed by atoms with E-state index in [9.17, 15) is 14.7 Å². The van der Waals surface area contributed by atoms with Crippen molar-refractivity contribution in [2.24, 2.45) is 13.0 Å². The van der Waals surface area contributed by atoms with Crippen molar-refractivity contribution in [1.29, 1.82) is 0 Å². The highest BCUT2D eigenvalue weighted by Gasteiger charge is 2.46. The molecule has 2 aromatic rings. The SMILES string of the molecule is Cn1cc(NC(=O)c2ccc([C@@H]3C[C@H]3N(CC3CC3)C(=O)O)cc2)cn1. The molecule has 0 unspecified atom stereocenters. The van der Waals surface area contributed by atoms with Crippen LogP contribution in [-0.2, 0) is 7.05 Å². The molecule has 0 saturated heterocycles. The van der Waals surface area contributed by atoms with Gasteiger partial charge in [-0.2, -0.15) is 5.10 Å². The summed E-state index contributed by atoms with van der Waals surface area (Å²) in [5, 5.41) is 16.3. The van der Waals surface area contributed by atoms with Gasteiger partial charge < -0.3 is 15.3 Å². The highest BCUT2D eigenvalue weighted by atomic mass is 16.4. The van der Waals surface area contributed by atoms with Gasteiger partial charge in [-0.05, 0) is 42.9 Å². The van der Waals surface area contributed by atoms with Gasteiger partial charge in [0.25, 0.3) is 5.91 Å². The maximum absolute atomic E-state index is 12.3. The molecule has 0 radical (unpaired) electrons. The van der Waals surface area contributed by atoms with Crippen LogP contribution in [0.2, 0.25) is 0 Å². The molecule has 136 valence electrons. The molecule has 2 fully saturated rings. The molecule has 7 heteroatoms. The van der Waals surface area contributed by atoms with E-state index in [1.165, 1.54) is 0 Å². The fourth-order valence-electron chi connectivity index (χ4n) is 3.39. The highest BCUT2D eigenvalue weighted by Crippen LogP contribution is 2.46. The van der Waals surface area contributed by atoms with Crippen molar-refractivity contribution in [3.63, 3.8) is 0 Å². The summed E-state index contributed by atoms with van der Waals surface area (Å²) in [6.45, 7) is 0.655. The molecule has 1 aromatic heterocycles. The summed E-state index contributed by atoms with van der Waals surface area (Å²) in [6.07, 6.45) is 5.66. The Hall–Kier alpha value is -2.83. The van der Waals surface area contributed by atoms with Crippen molar-refractivity contribution in [2.45, 2.75) is 31.2 Å². The van der Waals surface area contributed by atoms with Crippen LogP contribution in [0.25, 0.3) is 0 Å². The van der Waals surface area contributed by atoms with Crippen LogP contribution in [0.4, 0.5) is 10.5 Å². The molecule has 2 saturated carbocycles. The van der Waals surface area contributed by atoms with Gasteiger partial charge in [0.1, 0.15) is 0 Å². The van der Waals surface area contributed by atoms with Gasteiger partial charge in [0.05, 0.1) is 11.9 Å². The molecule has 2 atom stereocenters. The quantitative estimate of drug-likeness (QED) is 0.835. The molecule has 2 aliphatic rings. The van der Waals surface area contributed by atoms with Crippen LogP contribution in [0.3, 0.4) is 0 Å². The Kier molecular flexibility index (Phi) is 4.14. The lowest BCUT2D eigenvalue weighted by Gasteiger charge is -2.19. The maximum Gasteiger partial charge on any atom is 0.407 e. The molecule has 1 aromatic carbocycles. The van der Waals surface area contributed by atoms with Crippen LogP contribution in [0, 0.1) is 5.92 Å². The predicted octanol–water partition coefficient (Wildman–Crippen LogP) is 2.92. The molecule has 2 aliphatic carbocycles. The lowest BCUT2D eigenvalue weighted by molar-refractivity contribution is 0.102. The number of benzene rings is 1. The third-order valence-corrected chi connectivity index (χ3v) is 5.12. The van der Waals surface area contributed by atoms with E-state index in [1.807, 2.05) is 12.1 Å². The number of aromatic nitrogens is 2. The fourth-order valence-corrected chi connectivity index (χ4v) is 3.39. The van der Waals surface area contributed by atoms with E-state index in [4.69, 9.17) is 0 Å².